The number of nitrogen functional groups attached to an aromatic ring is 2. The number of amides is 2. The summed E-state index contributed by atoms with van der Waals surface area (Å²) in [5.41, 5.74) is 22.4. The van der Waals surface area contributed by atoms with Gasteiger partial charge in [0.05, 0.1) is 39.1 Å². The third kappa shape index (κ3) is 16.2. The van der Waals surface area contributed by atoms with Crippen LogP contribution in [0.2, 0.25) is 0 Å². The van der Waals surface area contributed by atoms with Gasteiger partial charge in [0.1, 0.15) is 96.9 Å². The van der Waals surface area contributed by atoms with Crippen LogP contribution in [0.3, 0.4) is 0 Å². The van der Waals surface area contributed by atoms with Crippen LogP contribution in [0, 0.1) is 11.8 Å². The van der Waals surface area contributed by atoms with Crippen molar-refractivity contribution in [3.05, 3.63) is 73.4 Å². The second kappa shape index (κ2) is 27.9. The van der Waals surface area contributed by atoms with Gasteiger partial charge < -0.3 is 121 Å². The average Bonchev–Trinajstić information content (AvgIpc) is 1.57. The monoisotopic (exact) mass is 1490 g/mol. The van der Waals surface area contributed by atoms with E-state index in [4.69, 9.17) is 69.0 Å². The standard InChI is InChI=1S/C42H58N14O34P6/c43-33-23-37(49-11-47-33)55(13-51-23)41-31(87-91(65,66)67)27(59)21(85-41)9-81-95(75,76)89-93(71,72)79-7-19-25(57)29(61)39(83-19)53-3-1-15(17(5-53)35(45)63)16-2-4-54(6-18(16)36(46)64)40-30(62)26(58)20(84-40)8-80-94(73,74)90-96(77,78)82-10-22-28(60)32(88-92(68,69)70)42(86-22)56-14-52-24-34(44)48-12-50-38(24)56/h1-6,11-16,19-22,25-32,39-42,57-62H,7-10H2,(H2,45,63)(H2,46,64)(H,71,72)(H,73,74)(H,75,76)(H,77,78)(H2,43,47,49)(H2,44,48,50)(H2,65,66,67)(H2,68,69,70)/t15?,16?,19-,20-,21-,22-,25-,26-,27-,28-,29-,30-,31-,32-,39-,40-,41-,42-/m1/s1. The van der Waals surface area contributed by atoms with Crippen LogP contribution in [0.4, 0.5) is 11.6 Å². The number of primary amides is 2. The molecule has 96 heavy (non-hydrogen) atoms. The maximum atomic E-state index is 13.1. The molecule has 6 unspecified atom stereocenters. The van der Waals surface area contributed by atoms with E-state index in [1.165, 1.54) is 24.6 Å². The molecule has 10 rings (SSSR count). The number of hydrogen-bond acceptors (Lipinski definition) is 36. The minimum atomic E-state index is -5.73. The Morgan fingerprint density at radius 2 is 0.771 bits per heavy atom. The molecule has 4 fully saturated rings. The third-order valence-corrected chi connectivity index (χ3v) is 21.2. The lowest BCUT2D eigenvalue weighted by atomic mass is 9.78. The van der Waals surface area contributed by atoms with Crippen molar-refractivity contribution in [1.29, 1.82) is 0 Å². The second-order valence-electron chi connectivity index (χ2n) is 21.2. The first-order valence-corrected chi connectivity index (χ1v) is 36.1. The van der Waals surface area contributed by atoms with Crippen LogP contribution in [0.1, 0.15) is 12.5 Å². The predicted octanol–water partition coefficient (Wildman–Crippen LogP) is -5.67. The normalized spacial score (nSPS) is 33.6. The molecule has 6 aliphatic rings. The van der Waals surface area contributed by atoms with E-state index in [9.17, 15) is 107 Å². The molecule has 22 N–H and O–H groups in total. The molecule has 10 heterocycles. The number of aliphatic hydroxyl groups excluding tert-OH is 6. The van der Waals surface area contributed by atoms with Crippen molar-refractivity contribution >= 4 is 92.7 Å². The zero-order valence-corrected chi connectivity index (χ0v) is 53.3. The smallest absolute Gasteiger partial charge is 0.387 e. The van der Waals surface area contributed by atoms with Crippen molar-refractivity contribution in [2.45, 2.75) is 98.2 Å². The molecule has 0 radical (unpaired) electrons. The van der Waals surface area contributed by atoms with Crippen LogP contribution in [0.25, 0.3) is 22.3 Å². The molecule has 48 nitrogen and oxygen atoms in total. The zero-order chi connectivity index (χ0) is 70.1. The van der Waals surface area contributed by atoms with Gasteiger partial charge in [-0.1, -0.05) is 12.2 Å². The summed E-state index contributed by atoms with van der Waals surface area (Å²) in [4.78, 5) is 132. The topological polar surface area (TPSA) is 728 Å². The molecular formula is C42H58N14O34P6. The highest BCUT2D eigenvalue weighted by molar-refractivity contribution is 7.61. The molecule has 0 spiro atoms. The molecule has 22 atom stereocenters. The van der Waals surface area contributed by atoms with Crippen LogP contribution >= 0.6 is 46.9 Å². The summed E-state index contributed by atoms with van der Waals surface area (Å²) in [5.74, 6) is -4.88. The summed E-state index contributed by atoms with van der Waals surface area (Å²) < 4.78 is 137. The van der Waals surface area contributed by atoms with Crippen molar-refractivity contribution in [3.8, 4) is 0 Å². The number of aliphatic hydroxyl groups is 6. The summed E-state index contributed by atoms with van der Waals surface area (Å²) in [7, 11) is -33.7. The van der Waals surface area contributed by atoms with E-state index in [2.05, 4.69) is 38.5 Å². The van der Waals surface area contributed by atoms with Gasteiger partial charge in [0.15, 0.2) is 47.8 Å². The number of nitrogens with zero attached hydrogens (tertiary/aromatic N) is 10. The van der Waals surface area contributed by atoms with Gasteiger partial charge in [-0.2, -0.15) is 8.62 Å². The number of rotatable bonds is 27. The van der Waals surface area contributed by atoms with Crippen LogP contribution in [-0.4, -0.2) is 243 Å². The Kier molecular flexibility index (Phi) is 21.3. The second-order valence-corrected chi connectivity index (χ2v) is 29.7. The summed E-state index contributed by atoms with van der Waals surface area (Å²) in [6.07, 6.45) is -18.5. The van der Waals surface area contributed by atoms with Gasteiger partial charge in [-0.25, -0.2) is 57.3 Å². The number of ether oxygens (including phenoxy) is 4. The van der Waals surface area contributed by atoms with Gasteiger partial charge in [-0.15, -0.1) is 0 Å². The van der Waals surface area contributed by atoms with E-state index in [0.29, 0.717) is 0 Å². The number of nitrogens with two attached hydrogens (primary N) is 4. The highest BCUT2D eigenvalue weighted by Crippen LogP contribution is 2.62. The highest BCUT2D eigenvalue weighted by Gasteiger charge is 2.54. The molecule has 2 amide bonds. The summed E-state index contributed by atoms with van der Waals surface area (Å²) in [6, 6.07) is 0. The maximum Gasteiger partial charge on any atom is 0.481 e. The molecule has 6 aliphatic heterocycles. The number of fused-ring (bicyclic) bond motifs is 2. The maximum absolute atomic E-state index is 13.1. The Labute approximate surface area is 534 Å². The Morgan fingerprint density at radius 1 is 0.458 bits per heavy atom. The molecule has 530 valence electrons. The first-order valence-electron chi connectivity index (χ1n) is 27.0. The molecule has 4 aromatic rings. The number of aromatic nitrogens is 8. The Hall–Kier alpha value is -5.46. The molecule has 54 heteroatoms. The quantitative estimate of drug-likeness (QED) is 0.0247. The van der Waals surface area contributed by atoms with Gasteiger partial charge in [0, 0.05) is 47.8 Å². The van der Waals surface area contributed by atoms with Gasteiger partial charge in [0.2, 0.25) is 11.8 Å². The van der Waals surface area contributed by atoms with E-state index in [1.807, 2.05) is 0 Å². The minimum Gasteiger partial charge on any atom is -0.387 e. The molecular weight excluding hydrogens is 1430 g/mol. The van der Waals surface area contributed by atoms with E-state index in [-0.39, 0.29) is 45.1 Å². The summed E-state index contributed by atoms with van der Waals surface area (Å²) in [5, 5.41) is 65.9. The Bertz CT molecular complexity index is 3790. The molecule has 0 aromatic carbocycles. The van der Waals surface area contributed by atoms with Crippen LogP contribution in [0.5, 0.6) is 0 Å². The van der Waals surface area contributed by atoms with Crippen molar-refractivity contribution in [2.24, 2.45) is 23.3 Å². The third-order valence-electron chi connectivity index (χ3n) is 14.9. The lowest BCUT2D eigenvalue weighted by molar-refractivity contribution is -0.117. The van der Waals surface area contributed by atoms with Crippen molar-refractivity contribution in [3.63, 3.8) is 0 Å². The largest absolute Gasteiger partial charge is 0.481 e. The van der Waals surface area contributed by atoms with Crippen LogP contribution in [-0.2, 0) is 91.7 Å². The number of hydrogen-bond donors (Lipinski definition) is 18. The zero-order valence-electron chi connectivity index (χ0n) is 47.9. The fourth-order valence-corrected chi connectivity index (χ4v) is 15.9. The summed E-state index contributed by atoms with van der Waals surface area (Å²) >= 11 is 0. The van der Waals surface area contributed by atoms with E-state index in [0.717, 1.165) is 56.6 Å². The predicted molar refractivity (Wildman–Crippen MR) is 303 cm³/mol. The van der Waals surface area contributed by atoms with E-state index < -0.39 is 195 Å². The fraction of sp³-hybridized carbons (Fsp3) is 0.524. The Morgan fingerprint density at radius 3 is 1.08 bits per heavy atom. The SMILES string of the molecule is NC(=O)C1=CN([C@@H]2O[C@H](COP(=O)(O)OP(=O)(O)OC[C@H]3O[C@@H](n4cnc5c(N)ncnc54)[C@H](OP(=O)(O)O)[C@@H]3O)[C@@H](O)[C@H]2O)C=CC1C1C=CN([C@@H]2O[C@H](COP(=O)(O)OP(=O)(O)OC[C@H]3O[C@@H](n4cnc5c(N)ncnc54)[C@H](OP(=O)(O)O)[C@@H]3O)[C@@H](O)[C@H]2O)C=C1C(N)=O. The number of anilines is 2. The Balaban J connectivity index is 0.715. The fourth-order valence-electron chi connectivity index (χ4n) is 10.6. The number of imidazole rings is 2. The van der Waals surface area contributed by atoms with E-state index in [1.54, 1.807) is 0 Å². The van der Waals surface area contributed by atoms with Crippen molar-refractivity contribution in [1.82, 2.24) is 48.8 Å². The number of carbonyl (C=O) groups is 2. The number of carbonyl (C=O) groups excluding carboxylic acids is 2. The number of phosphoric acid groups is 6. The van der Waals surface area contributed by atoms with E-state index >= 15 is 0 Å². The molecule has 0 bridgehead atoms. The average molecular weight is 1490 g/mol. The molecule has 0 aliphatic carbocycles. The molecule has 4 saturated heterocycles. The van der Waals surface area contributed by atoms with Crippen molar-refractivity contribution < 1.29 is 161 Å². The van der Waals surface area contributed by atoms with Gasteiger partial charge >= 0.3 is 46.9 Å². The molecule has 0 saturated carbocycles. The van der Waals surface area contributed by atoms with Gasteiger partial charge in [-0.05, 0) is 0 Å². The van der Waals surface area contributed by atoms with Crippen molar-refractivity contribution in [2.75, 3.05) is 37.9 Å². The van der Waals surface area contributed by atoms with Crippen LogP contribution in [0.15, 0.2) is 73.4 Å². The first-order chi connectivity index (χ1) is 44.7. The van der Waals surface area contributed by atoms with Gasteiger partial charge in [-0.3, -0.25) is 45.9 Å². The molecule has 4 aromatic heterocycles. The number of phosphoric ester groups is 6. The lowest BCUT2D eigenvalue weighted by Crippen LogP contribution is -2.43. The lowest BCUT2D eigenvalue weighted by Gasteiger charge is -2.36. The summed E-state index contributed by atoms with van der Waals surface area (Å²) in [6.45, 7) is -4.72. The number of allylic oxidation sites excluding steroid dienone is 2. The minimum absolute atomic E-state index is 0.00194. The highest BCUT2D eigenvalue weighted by atomic mass is 31.3. The van der Waals surface area contributed by atoms with Gasteiger partial charge in [0.25, 0.3) is 0 Å². The first kappa shape index (κ1) is 73.3. The van der Waals surface area contributed by atoms with Crippen LogP contribution < -0.4 is 22.9 Å².